The molecule has 3 rings (SSSR count). The van der Waals surface area contributed by atoms with Gasteiger partial charge in [0.15, 0.2) is 5.76 Å². The van der Waals surface area contributed by atoms with Crippen LogP contribution in [0.1, 0.15) is 5.69 Å². The second kappa shape index (κ2) is 6.15. The van der Waals surface area contributed by atoms with E-state index < -0.39 is 5.69 Å². The normalized spacial score (nSPS) is 10.8. The molecule has 0 aromatic carbocycles. The molecule has 0 N–H and O–H groups in total. The van der Waals surface area contributed by atoms with Crippen molar-refractivity contribution in [2.75, 3.05) is 14.1 Å². The number of carbonyl (C=O) groups excluding carboxylic acids is 1. The molecule has 3 heterocycles. The third kappa shape index (κ3) is 2.85. The van der Waals surface area contributed by atoms with Gasteiger partial charge >= 0.3 is 5.69 Å². The summed E-state index contributed by atoms with van der Waals surface area (Å²) in [6, 6.07) is 8.75. The number of likely N-dealkylation sites (N-methyl/N-ethyl adjacent to an activating group) is 1. The van der Waals surface area contributed by atoms with Crippen LogP contribution >= 0.6 is 0 Å². The quantitative estimate of drug-likeness (QED) is 0.716. The number of rotatable bonds is 4. The number of carbonyl (C=O) groups is 1. The predicted molar refractivity (Wildman–Crippen MR) is 86.8 cm³/mol. The van der Waals surface area contributed by atoms with E-state index in [1.165, 1.54) is 15.7 Å². The standard InChI is InChI=1S/C16H17N5O3/c1-11-6-4-8-13(17-11)21-15(12-7-5-9-24-12)18-20(16(21)23)10-14(22)19(2)3/h4-9H,10H2,1-3H3. The number of hydrogen-bond donors (Lipinski definition) is 0. The highest BCUT2D eigenvalue weighted by molar-refractivity contribution is 5.75. The molecular weight excluding hydrogens is 310 g/mol. The van der Waals surface area contributed by atoms with Crippen molar-refractivity contribution in [1.29, 1.82) is 0 Å². The van der Waals surface area contributed by atoms with Gasteiger partial charge in [-0.25, -0.2) is 19.0 Å². The van der Waals surface area contributed by atoms with Crippen molar-refractivity contribution in [2.24, 2.45) is 0 Å². The van der Waals surface area contributed by atoms with Crippen LogP contribution in [0.4, 0.5) is 0 Å². The lowest BCUT2D eigenvalue weighted by atomic mass is 10.3. The van der Waals surface area contributed by atoms with E-state index >= 15 is 0 Å². The first kappa shape index (κ1) is 15.7. The van der Waals surface area contributed by atoms with Gasteiger partial charge in [-0.3, -0.25) is 4.79 Å². The highest BCUT2D eigenvalue weighted by atomic mass is 16.3. The zero-order chi connectivity index (χ0) is 17.3. The molecule has 0 unspecified atom stereocenters. The fourth-order valence-electron chi connectivity index (χ4n) is 2.21. The Bertz CT molecular complexity index is 922. The molecule has 8 heteroatoms. The van der Waals surface area contributed by atoms with Gasteiger partial charge in [-0.1, -0.05) is 6.07 Å². The van der Waals surface area contributed by atoms with Crippen LogP contribution in [0, 0.1) is 6.92 Å². The van der Waals surface area contributed by atoms with Gasteiger partial charge < -0.3 is 9.32 Å². The summed E-state index contributed by atoms with van der Waals surface area (Å²) in [5, 5.41) is 4.27. The summed E-state index contributed by atoms with van der Waals surface area (Å²) in [6.45, 7) is 1.68. The number of aryl methyl sites for hydroxylation is 1. The molecule has 0 spiro atoms. The maximum atomic E-state index is 12.8. The molecule has 0 saturated carbocycles. The average molecular weight is 327 g/mol. The summed E-state index contributed by atoms with van der Waals surface area (Å²) in [4.78, 5) is 30.5. The van der Waals surface area contributed by atoms with Crippen LogP contribution in [0.25, 0.3) is 17.4 Å². The fraction of sp³-hybridized carbons (Fsp3) is 0.250. The first-order valence-electron chi connectivity index (χ1n) is 7.35. The first-order valence-corrected chi connectivity index (χ1v) is 7.35. The van der Waals surface area contributed by atoms with Crippen molar-refractivity contribution in [3.63, 3.8) is 0 Å². The number of hydrogen-bond acceptors (Lipinski definition) is 5. The summed E-state index contributed by atoms with van der Waals surface area (Å²) >= 11 is 0. The first-order chi connectivity index (χ1) is 11.5. The van der Waals surface area contributed by atoms with E-state index in [0.29, 0.717) is 17.4 Å². The zero-order valence-electron chi connectivity index (χ0n) is 13.6. The molecule has 124 valence electrons. The lowest BCUT2D eigenvalue weighted by Crippen LogP contribution is -2.33. The maximum Gasteiger partial charge on any atom is 0.352 e. The van der Waals surface area contributed by atoms with Gasteiger partial charge in [0.1, 0.15) is 12.4 Å². The number of nitrogens with zero attached hydrogens (tertiary/aromatic N) is 5. The zero-order valence-corrected chi connectivity index (χ0v) is 13.6. The van der Waals surface area contributed by atoms with Gasteiger partial charge in [0.2, 0.25) is 11.7 Å². The second-order valence-corrected chi connectivity index (χ2v) is 5.50. The molecule has 0 atom stereocenters. The van der Waals surface area contributed by atoms with Crippen molar-refractivity contribution >= 4 is 5.91 Å². The van der Waals surface area contributed by atoms with Crippen LogP contribution in [0.15, 0.2) is 45.8 Å². The van der Waals surface area contributed by atoms with Crippen LogP contribution < -0.4 is 5.69 Å². The summed E-state index contributed by atoms with van der Waals surface area (Å²) < 4.78 is 7.83. The second-order valence-electron chi connectivity index (χ2n) is 5.50. The van der Waals surface area contributed by atoms with E-state index in [4.69, 9.17) is 4.42 Å². The molecule has 1 amide bonds. The largest absolute Gasteiger partial charge is 0.461 e. The topological polar surface area (TPSA) is 86.2 Å². The van der Waals surface area contributed by atoms with E-state index in [2.05, 4.69) is 10.1 Å². The average Bonchev–Trinajstić information content (AvgIpc) is 3.16. The van der Waals surface area contributed by atoms with Crippen LogP contribution in [0.5, 0.6) is 0 Å². The van der Waals surface area contributed by atoms with E-state index in [-0.39, 0.29) is 12.5 Å². The van der Waals surface area contributed by atoms with Gasteiger partial charge in [-0.05, 0) is 31.2 Å². The van der Waals surface area contributed by atoms with Gasteiger partial charge in [0.25, 0.3) is 0 Å². The number of pyridine rings is 1. The molecule has 0 aliphatic carbocycles. The third-order valence-corrected chi connectivity index (χ3v) is 3.47. The predicted octanol–water partition coefficient (Wildman–Crippen LogP) is 1.09. The molecule has 3 aromatic heterocycles. The van der Waals surface area contributed by atoms with Crippen LogP contribution in [-0.2, 0) is 11.3 Å². The highest BCUT2D eigenvalue weighted by Gasteiger charge is 2.21. The molecule has 0 bridgehead atoms. The SMILES string of the molecule is Cc1cccc(-n2c(-c3ccco3)nn(CC(=O)N(C)C)c2=O)n1. The molecule has 0 fully saturated rings. The molecule has 24 heavy (non-hydrogen) atoms. The summed E-state index contributed by atoms with van der Waals surface area (Å²) in [7, 11) is 3.25. The Hall–Kier alpha value is -3.16. The van der Waals surface area contributed by atoms with E-state index in [1.807, 2.05) is 13.0 Å². The molecule has 3 aromatic rings. The van der Waals surface area contributed by atoms with Crippen molar-refractivity contribution in [1.82, 2.24) is 24.2 Å². The molecule has 0 aliphatic heterocycles. The Morgan fingerprint density at radius 2 is 2.04 bits per heavy atom. The Kier molecular flexibility index (Phi) is 4.03. The van der Waals surface area contributed by atoms with Crippen molar-refractivity contribution < 1.29 is 9.21 Å². The summed E-state index contributed by atoms with van der Waals surface area (Å²) in [5.41, 5.74) is 0.316. The molecule has 0 saturated heterocycles. The highest BCUT2D eigenvalue weighted by Crippen LogP contribution is 2.19. The van der Waals surface area contributed by atoms with Crippen LogP contribution in [-0.4, -0.2) is 44.2 Å². The van der Waals surface area contributed by atoms with Gasteiger partial charge in [0.05, 0.1) is 6.26 Å². The van der Waals surface area contributed by atoms with Crippen molar-refractivity contribution in [3.05, 3.63) is 52.8 Å². The smallest absolute Gasteiger partial charge is 0.352 e. The van der Waals surface area contributed by atoms with E-state index in [9.17, 15) is 9.59 Å². The Morgan fingerprint density at radius 3 is 2.67 bits per heavy atom. The Labute approximate surface area is 138 Å². The van der Waals surface area contributed by atoms with Crippen molar-refractivity contribution in [2.45, 2.75) is 13.5 Å². The maximum absolute atomic E-state index is 12.8. The Morgan fingerprint density at radius 1 is 1.25 bits per heavy atom. The van der Waals surface area contributed by atoms with Gasteiger partial charge in [0, 0.05) is 19.8 Å². The number of amides is 1. The van der Waals surface area contributed by atoms with Gasteiger partial charge in [-0.2, -0.15) is 0 Å². The molecule has 0 radical (unpaired) electrons. The third-order valence-electron chi connectivity index (χ3n) is 3.47. The van der Waals surface area contributed by atoms with E-state index in [0.717, 1.165) is 10.4 Å². The van der Waals surface area contributed by atoms with Crippen LogP contribution in [0.2, 0.25) is 0 Å². The molecular formula is C16H17N5O3. The Balaban J connectivity index is 2.17. The minimum absolute atomic E-state index is 0.154. The molecule has 0 aliphatic rings. The number of furan rings is 1. The minimum Gasteiger partial charge on any atom is -0.461 e. The number of aromatic nitrogens is 4. The monoisotopic (exact) mass is 327 g/mol. The summed E-state index contributed by atoms with van der Waals surface area (Å²) in [6.07, 6.45) is 1.50. The minimum atomic E-state index is -0.449. The lowest BCUT2D eigenvalue weighted by Gasteiger charge is -2.08. The summed E-state index contributed by atoms with van der Waals surface area (Å²) in [5.74, 6) is 0.918. The lowest BCUT2D eigenvalue weighted by molar-refractivity contribution is -0.129. The molecule has 8 nitrogen and oxygen atoms in total. The van der Waals surface area contributed by atoms with Crippen molar-refractivity contribution in [3.8, 4) is 17.4 Å². The van der Waals surface area contributed by atoms with Gasteiger partial charge in [-0.15, -0.1) is 5.10 Å². The van der Waals surface area contributed by atoms with E-state index in [1.54, 1.807) is 38.4 Å². The van der Waals surface area contributed by atoms with Crippen LogP contribution in [0.3, 0.4) is 0 Å². The fourth-order valence-corrected chi connectivity index (χ4v) is 2.21.